The van der Waals surface area contributed by atoms with Crippen LogP contribution in [0.4, 0.5) is 5.82 Å². The standard InChI is InChI=1S/C22H25N3OS2/c1-22(2)12-17-18(13-23)21(27-14-16-6-4-3-5-7-16)24-20(19(17)15-28-22)25-8-10-26-11-9-25/h3-7H,8-12,14-15H2,1-2H3/p+1. The number of pyridine rings is 1. The van der Waals surface area contributed by atoms with Crippen LogP contribution in [0.5, 0.6) is 0 Å². The number of nitrogens with zero attached hydrogens (tertiary/aromatic N) is 2. The molecule has 3 heterocycles. The number of H-pyrrole nitrogens is 1. The number of fused-ring (bicyclic) bond motifs is 1. The quantitative estimate of drug-likeness (QED) is 0.709. The molecule has 1 saturated heterocycles. The summed E-state index contributed by atoms with van der Waals surface area (Å²) in [5.74, 6) is 2.99. The lowest BCUT2D eigenvalue weighted by Gasteiger charge is -2.33. The second-order valence-corrected chi connectivity index (χ2v) is 10.5. The van der Waals surface area contributed by atoms with Crippen LogP contribution < -0.4 is 9.88 Å². The second-order valence-electron chi connectivity index (χ2n) is 7.85. The van der Waals surface area contributed by atoms with Gasteiger partial charge in [-0.1, -0.05) is 55.9 Å². The molecule has 0 saturated carbocycles. The van der Waals surface area contributed by atoms with Crippen molar-refractivity contribution in [2.75, 3.05) is 31.2 Å². The zero-order chi connectivity index (χ0) is 19.6. The number of aromatic amines is 1. The topological polar surface area (TPSA) is 50.4 Å². The Bertz CT molecular complexity index is 887. The molecule has 0 bridgehead atoms. The fourth-order valence-corrected chi connectivity index (χ4v) is 5.86. The molecule has 0 atom stereocenters. The van der Waals surface area contributed by atoms with Crippen molar-refractivity contribution in [1.82, 2.24) is 0 Å². The van der Waals surface area contributed by atoms with E-state index in [-0.39, 0.29) is 4.75 Å². The first kappa shape index (κ1) is 19.6. The van der Waals surface area contributed by atoms with Crippen molar-refractivity contribution in [2.24, 2.45) is 0 Å². The van der Waals surface area contributed by atoms with Gasteiger partial charge in [-0.3, -0.25) is 4.90 Å². The first-order chi connectivity index (χ1) is 13.6. The maximum absolute atomic E-state index is 10.0. The summed E-state index contributed by atoms with van der Waals surface area (Å²) < 4.78 is 5.72. The number of nitrogens with one attached hydrogen (secondary N) is 1. The summed E-state index contributed by atoms with van der Waals surface area (Å²) in [4.78, 5) is 6.05. The van der Waals surface area contributed by atoms with E-state index in [4.69, 9.17) is 4.74 Å². The third-order valence-electron chi connectivity index (χ3n) is 5.29. The van der Waals surface area contributed by atoms with E-state index in [0.29, 0.717) is 0 Å². The molecule has 0 spiro atoms. The Morgan fingerprint density at radius 1 is 1.21 bits per heavy atom. The first-order valence-corrected chi connectivity index (χ1v) is 11.7. The van der Waals surface area contributed by atoms with Gasteiger partial charge in [0.1, 0.15) is 24.7 Å². The molecule has 4 nitrogen and oxygen atoms in total. The van der Waals surface area contributed by atoms with E-state index in [0.717, 1.165) is 54.8 Å². The zero-order valence-corrected chi connectivity index (χ0v) is 18.1. The largest absolute Gasteiger partial charge is 0.373 e. The molecule has 1 aromatic carbocycles. The molecular formula is C22H26N3OS2+. The molecule has 0 amide bonds. The number of nitriles is 1. The molecule has 2 aliphatic heterocycles. The molecule has 2 aliphatic rings. The molecule has 1 fully saturated rings. The highest BCUT2D eigenvalue weighted by atomic mass is 32.2. The predicted octanol–water partition coefficient (Wildman–Crippen LogP) is 4.07. The normalized spacial score (nSPS) is 18.4. The van der Waals surface area contributed by atoms with Gasteiger partial charge in [-0.15, -0.1) is 0 Å². The molecule has 146 valence electrons. The molecule has 28 heavy (non-hydrogen) atoms. The predicted molar refractivity (Wildman–Crippen MR) is 116 cm³/mol. The number of benzene rings is 1. The van der Waals surface area contributed by atoms with Crippen molar-refractivity contribution in [2.45, 2.75) is 41.5 Å². The highest BCUT2D eigenvalue weighted by Gasteiger charge is 2.36. The molecule has 1 N–H and O–H groups in total. The van der Waals surface area contributed by atoms with E-state index in [9.17, 15) is 5.26 Å². The van der Waals surface area contributed by atoms with E-state index in [1.807, 2.05) is 17.8 Å². The van der Waals surface area contributed by atoms with Crippen LogP contribution in [0.3, 0.4) is 0 Å². The molecule has 0 radical (unpaired) electrons. The molecule has 6 heteroatoms. The van der Waals surface area contributed by atoms with Gasteiger partial charge in [0, 0.05) is 16.3 Å². The minimum Gasteiger partial charge on any atom is -0.373 e. The van der Waals surface area contributed by atoms with Gasteiger partial charge >= 0.3 is 0 Å². The van der Waals surface area contributed by atoms with Crippen LogP contribution in [0.1, 0.15) is 36.1 Å². The van der Waals surface area contributed by atoms with Gasteiger partial charge in [0.15, 0.2) is 5.03 Å². The minimum atomic E-state index is 0.156. The third kappa shape index (κ3) is 4.17. The smallest absolute Gasteiger partial charge is 0.279 e. The molecule has 1 aromatic heterocycles. The third-order valence-corrected chi connectivity index (χ3v) is 7.72. The van der Waals surface area contributed by atoms with Crippen LogP contribution in [-0.2, 0) is 22.7 Å². The molecule has 0 aliphatic carbocycles. The van der Waals surface area contributed by atoms with E-state index in [2.05, 4.69) is 54.1 Å². The van der Waals surface area contributed by atoms with E-state index >= 15 is 0 Å². The van der Waals surface area contributed by atoms with Crippen LogP contribution >= 0.6 is 23.5 Å². The average molecular weight is 413 g/mol. The average Bonchev–Trinajstić information content (AvgIpc) is 2.72. The first-order valence-electron chi connectivity index (χ1n) is 9.72. The Morgan fingerprint density at radius 2 is 1.96 bits per heavy atom. The molecular weight excluding hydrogens is 386 g/mol. The number of morpholine rings is 1. The van der Waals surface area contributed by atoms with Gasteiger partial charge in [-0.05, 0) is 17.5 Å². The van der Waals surface area contributed by atoms with E-state index in [1.165, 1.54) is 22.5 Å². The Kier molecular flexibility index (Phi) is 5.86. The fourth-order valence-electron chi connectivity index (χ4n) is 3.78. The van der Waals surface area contributed by atoms with Crippen LogP contribution in [0.25, 0.3) is 0 Å². The SMILES string of the molecule is CC1(C)Cc2c(C#N)c(SCc3ccccc3)[nH+]c(N3CCOCC3)c2CS1. The zero-order valence-electron chi connectivity index (χ0n) is 16.5. The number of aromatic nitrogens is 1. The van der Waals surface area contributed by atoms with Gasteiger partial charge in [0.25, 0.3) is 5.82 Å². The second kappa shape index (κ2) is 8.36. The fraction of sp³-hybridized carbons (Fsp3) is 0.455. The molecule has 0 unspecified atom stereocenters. The van der Waals surface area contributed by atoms with Crippen LogP contribution in [-0.4, -0.2) is 31.1 Å². The summed E-state index contributed by atoms with van der Waals surface area (Å²) in [6.45, 7) is 7.87. The summed E-state index contributed by atoms with van der Waals surface area (Å²) >= 11 is 3.72. The number of ether oxygens (including phenoxy) is 1. The summed E-state index contributed by atoms with van der Waals surface area (Å²) in [6.07, 6.45) is 0.931. The minimum absolute atomic E-state index is 0.156. The Balaban J connectivity index is 1.75. The summed E-state index contributed by atoms with van der Waals surface area (Å²) in [7, 11) is 0. The number of thioether (sulfide) groups is 2. The van der Waals surface area contributed by atoms with Crippen molar-refractivity contribution in [3.8, 4) is 6.07 Å². The van der Waals surface area contributed by atoms with Gasteiger partial charge in [0.05, 0.1) is 18.8 Å². The van der Waals surface area contributed by atoms with Crippen molar-refractivity contribution in [3.05, 3.63) is 52.6 Å². The van der Waals surface area contributed by atoms with Crippen molar-refractivity contribution in [1.29, 1.82) is 5.26 Å². The maximum Gasteiger partial charge on any atom is 0.279 e. The maximum atomic E-state index is 10.0. The summed E-state index contributed by atoms with van der Waals surface area (Å²) in [6, 6.07) is 13.0. The lowest BCUT2D eigenvalue weighted by molar-refractivity contribution is -0.414. The molecule has 4 rings (SSSR count). The van der Waals surface area contributed by atoms with Gasteiger partial charge in [0.2, 0.25) is 0 Å². The highest BCUT2D eigenvalue weighted by molar-refractivity contribution is 8.00. The van der Waals surface area contributed by atoms with E-state index < -0.39 is 0 Å². The van der Waals surface area contributed by atoms with Gasteiger partial charge < -0.3 is 4.74 Å². The van der Waals surface area contributed by atoms with Crippen LogP contribution in [0.2, 0.25) is 0 Å². The van der Waals surface area contributed by atoms with Crippen LogP contribution in [0, 0.1) is 11.3 Å². The van der Waals surface area contributed by atoms with Crippen molar-refractivity contribution < 1.29 is 9.72 Å². The summed E-state index contributed by atoms with van der Waals surface area (Å²) in [5, 5.41) is 11.0. The van der Waals surface area contributed by atoms with E-state index in [1.54, 1.807) is 11.8 Å². The Labute approximate surface area is 175 Å². The molecule has 2 aromatic rings. The number of anilines is 1. The number of rotatable bonds is 4. The van der Waals surface area contributed by atoms with Gasteiger partial charge in [-0.2, -0.15) is 17.0 Å². The Morgan fingerprint density at radius 3 is 2.68 bits per heavy atom. The highest BCUT2D eigenvalue weighted by Crippen LogP contribution is 2.43. The van der Waals surface area contributed by atoms with Crippen molar-refractivity contribution in [3.63, 3.8) is 0 Å². The van der Waals surface area contributed by atoms with Gasteiger partial charge in [-0.25, -0.2) is 4.98 Å². The summed E-state index contributed by atoms with van der Waals surface area (Å²) in [5.41, 5.74) is 4.65. The lowest BCUT2D eigenvalue weighted by Crippen LogP contribution is -2.42. The number of hydrogen-bond acceptors (Lipinski definition) is 5. The lowest BCUT2D eigenvalue weighted by atomic mass is 9.94. The van der Waals surface area contributed by atoms with Crippen LogP contribution in [0.15, 0.2) is 35.4 Å². The van der Waals surface area contributed by atoms with Crippen molar-refractivity contribution >= 4 is 29.3 Å². The number of hydrogen-bond donors (Lipinski definition) is 0. The monoisotopic (exact) mass is 412 g/mol. The Hall–Kier alpha value is -1.68.